The first-order chi connectivity index (χ1) is 11.5. The Bertz CT molecular complexity index is 901. The molecule has 0 aliphatic heterocycles. The fourth-order valence-corrected chi connectivity index (χ4v) is 3.24. The molecular formula is C15H16Br2N6O. The second kappa shape index (κ2) is 7.02. The molecule has 9 heteroatoms. The van der Waals surface area contributed by atoms with Crippen LogP contribution in [0.2, 0.25) is 0 Å². The van der Waals surface area contributed by atoms with Crippen molar-refractivity contribution in [2.45, 2.75) is 26.8 Å². The summed E-state index contributed by atoms with van der Waals surface area (Å²) in [4.78, 5) is 16.5. The van der Waals surface area contributed by atoms with Gasteiger partial charge in [0.2, 0.25) is 0 Å². The van der Waals surface area contributed by atoms with E-state index in [9.17, 15) is 4.79 Å². The van der Waals surface area contributed by atoms with Crippen molar-refractivity contribution in [3.8, 4) is 0 Å². The average molecular weight is 456 g/mol. The number of aromatic nitrogens is 5. The van der Waals surface area contributed by atoms with Crippen LogP contribution in [0.25, 0.3) is 5.65 Å². The number of hydrogen-bond donors (Lipinski definition) is 1. The normalized spacial score (nSPS) is 11.2. The molecule has 3 aromatic heterocycles. The van der Waals surface area contributed by atoms with E-state index in [-0.39, 0.29) is 5.91 Å². The molecule has 3 aromatic rings. The first kappa shape index (κ1) is 17.1. The Morgan fingerprint density at radius 1 is 1.25 bits per heavy atom. The highest BCUT2D eigenvalue weighted by atomic mass is 79.9. The number of carbonyl (C=O) groups is 1. The van der Waals surface area contributed by atoms with Crippen LogP contribution in [0.4, 0.5) is 0 Å². The summed E-state index contributed by atoms with van der Waals surface area (Å²) in [5.74, 6) is -0.220. The van der Waals surface area contributed by atoms with Gasteiger partial charge >= 0.3 is 0 Å². The molecular weight excluding hydrogens is 440 g/mol. The number of amides is 1. The molecule has 0 atom stereocenters. The summed E-state index contributed by atoms with van der Waals surface area (Å²) in [6, 6.07) is 1.76. The minimum atomic E-state index is -0.220. The van der Waals surface area contributed by atoms with Crippen molar-refractivity contribution in [3.63, 3.8) is 0 Å². The Balaban J connectivity index is 1.59. The summed E-state index contributed by atoms with van der Waals surface area (Å²) in [6.07, 6.45) is 4.20. The standard InChI is InChI=1S/C15H16Br2N6O/c1-9-11(16)10(2)22(20-9)7-4-6-19-15(24)13-12(17)14-18-5-3-8-23(14)21-13/h3,5,8H,4,6-7H2,1-2H3,(H,19,24). The summed E-state index contributed by atoms with van der Waals surface area (Å²) < 4.78 is 5.15. The fraction of sp³-hybridized carbons (Fsp3) is 0.333. The van der Waals surface area contributed by atoms with Crippen molar-refractivity contribution in [2.24, 2.45) is 0 Å². The quantitative estimate of drug-likeness (QED) is 0.600. The molecule has 0 aromatic carbocycles. The highest BCUT2D eigenvalue weighted by molar-refractivity contribution is 9.11. The molecule has 126 valence electrons. The van der Waals surface area contributed by atoms with Gasteiger partial charge in [-0.05, 0) is 58.2 Å². The number of fused-ring (bicyclic) bond motifs is 1. The predicted molar refractivity (Wildman–Crippen MR) is 97.0 cm³/mol. The van der Waals surface area contributed by atoms with Gasteiger partial charge in [0, 0.05) is 31.2 Å². The molecule has 3 rings (SSSR count). The third-order valence-electron chi connectivity index (χ3n) is 3.68. The monoisotopic (exact) mass is 454 g/mol. The zero-order valence-electron chi connectivity index (χ0n) is 13.3. The molecule has 0 aliphatic carbocycles. The Hall–Kier alpha value is -1.74. The molecule has 1 N–H and O–H groups in total. The zero-order valence-corrected chi connectivity index (χ0v) is 16.4. The lowest BCUT2D eigenvalue weighted by Gasteiger charge is -2.06. The van der Waals surface area contributed by atoms with E-state index in [1.807, 2.05) is 18.5 Å². The zero-order chi connectivity index (χ0) is 17.3. The van der Waals surface area contributed by atoms with Crippen LogP contribution in [0.3, 0.4) is 0 Å². The van der Waals surface area contributed by atoms with Gasteiger partial charge in [0.25, 0.3) is 5.91 Å². The number of nitrogens with one attached hydrogen (secondary N) is 1. The van der Waals surface area contributed by atoms with Gasteiger partial charge in [-0.25, -0.2) is 9.50 Å². The SMILES string of the molecule is Cc1nn(CCCNC(=O)c2nn3cccnc3c2Br)c(C)c1Br. The largest absolute Gasteiger partial charge is 0.351 e. The van der Waals surface area contributed by atoms with E-state index in [2.05, 4.69) is 52.4 Å². The summed E-state index contributed by atoms with van der Waals surface area (Å²) in [5.41, 5.74) is 3.02. The topological polar surface area (TPSA) is 77.1 Å². The molecule has 0 unspecified atom stereocenters. The molecule has 1 amide bonds. The Kier molecular flexibility index (Phi) is 5.00. The Labute approximate surface area is 155 Å². The summed E-state index contributed by atoms with van der Waals surface area (Å²) in [7, 11) is 0. The molecule has 0 saturated heterocycles. The first-order valence-electron chi connectivity index (χ1n) is 7.45. The van der Waals surface area contributed by atoms with Gasteiger partial charge in [0.1, 0.15) is 0 Å². The van der Waals surface area contributed by atoms with E-state index in [0.29, 0.717) is 22.4 Å². The molecule has 0 spiro atoms. The lowest BCUT2D eigenvalue weighted by atomic mass is 10.3. The molecule has 0 saturated carbocycles. The molecule has 0 fully saturated rings. The van der Waals surface area contributed by atoms with Crippen LogP contribution in [-0.2, 0) is 6.54 Å². The van der Waals surface area contributed by atoms with Gasteiger partial charge in [-0.3, -0.25) is 9.48 Å². The number of halogens is 2. The average Bonchev–Trinajstić information content (AvgIpc) is 3.04. The maximum Gasteiger partial charge on any atom is 0.273 e. The number of rotatable bonds is 5. The number of aryl methyl sites for hydroxylation is 2. The van der Waals surface area contributed by atoms with Crippen molar-refractivity contribution in [3.05, 3.63) is 44.5 Å². The van der Waals surface area contributed by atoms with Crippen molar-refractivity contribution < 1.29 is 4.79 Å². The summed E-state index contributed by atoms with van der Waals surface area (Å²) >= 11 is 6.91. The third-order valence-corrected chi connectivity index (χ3v) is 5.56. The van der Waals surface area contributed by atoms with Gasteiger partial charge in [0.15, 0.2) is 11.3 Å². The van der Waals surface area contributed by atoms with Crippen LogP contribution < -0.4 is 5.32 Å². The van der Waals surface area contributed by atoms with E-state index in [4.69, 9.17) is 0 Å². The number of nitrogens with zero attached hydrogens (tertiary/aromatic N) is 5. The first-order valence-corrected chi connectivity index (χ1v) is 9.04. The lowest BCUT2D eigenvalue weighted by molar-refractivity contribution is 0.0946. The third kappa shape index (κ3) is 3.23. The Morgan fingerprint density at radius 2 is 2.04 bits per heavy atom. The van der Waals surface area contributed by atoms with Gasteiger partial charge in [-0.2, -0.15) is 10.2 Å². The molecule has 7 nitrogen and oxygen atoms in total. The van der Waals surface area contributed by atoms with Crippen LogP contribution >= 0.6 is 31.9 Å². The molecule has 0 bridgehead atoms. The van der Waals surface area contributed by atoms with Crippen molar-refractivity contribution >= 4 is 43.4 Å². The molecule has 0 radical (unpaired) electrons. The highest BCUT2D eigenvalue weighted by Crippen LogP contribution is 2.21. The second-order valence-electron chi connectivity index (χ2n) is 5.37. The minimum Gasteiger partial charge on any atom is -0.351 e. The fourth-order valence-electron chi connectivity index (χ4n) is 2.41. The van der Waals surface area contributed by atoms with Crippen LogP contribution in [0.1, 0.15) is 28.3 Å². The Morgan fingerprint density at radius 3 is 2.71 bits per heavy atom. The second-order valence-corrected chi connectivity index (χ2v) is 6.95. The van der Waals surface area contributed by atoms with Crippen LogP contribution in [-0.4, -0.2) is 36.8 Å². The van der Waals surface area contributed by atoms with Gasteiger partial charge in [-0.1, -0.05) is 0 Å². The number of carbonyl (C=O) groups excluding carboxylic acids is 1. The highest BCUT2D eigenvalue weighted by Gasteiger charge is 2.17. The predicted octanol–water partition coefficient (Wildman–Crippen LogP) is 2.89. The van der Waals surface area contributed by atoms with E-state index < -0.39 is 0 Å². The maximum atomic E-state index is 12.3. The van der Waals surface area contributed by atoms with Crippen molar-refractivity contribution in [2.75, 3.05) is 6.54 Å². The van der Waals surface area contributed by atoms with E-state index >= 15 is 0 Å². The van der Waals surface area contributed by atoms with E-state index in [1.54, 1.807) is 23.0 Å². The smallest absolute Gasteiger partial charge is 0.273 e. The van der Waals surface area contributed by atoms with Gasteiger partial charge < -0.3 is 5.32 Å². The maximum absolute atomic E-state index is 12.3. The molecule has 24 heavy (non-hydrogen) atoms. The van der Waals surface area contributed by atoms with Gasteiger partial charge in [0.05, 0.1) is 14.6 Å². The number of hydrogen-bond acceptors (Lipinski definition) is 4. The minimum absolute atomic E-state index is 0.220. The van der Waals surface area contributed by atoms with Crippen molar-refractivity contribution in [1.29, 1.82) is 0 Å². The lowest BCUT2D eigenvalue weighted by Crippen LogP contribution is -2.26. The summed E-state index contributed by atoms with van der Waals surface area (Å²) in [6.45, 7) is 5.27. The van der Waals surface area contributed by atoms with Crippen LogP contribution in [0.5, 0.6) is 0 Å². The van der Waals surface area contributed by atoms with E-state index in [1.165, 1.54) is 0 Å². The molecule has 0 aliphatic rings. The van der Waals surface area contributed by atoms with Crippen LogP contribution in [0, 0.1) is 13.8 Å². The van der Waals surface area contributed by atoms with Crippen LogP contribution in [0.15, 0.2) is 27.4 Å². The summed E-state index contributed by atoms with van der Waals surface area (Å²) in [5, 5.41) is 11.6. The van der Waals surface area contributed by atoms with Crippen molar-refractivity contribution in [1.82, 2.24) is 29.7 Å². The molecule has 3 heterocycles. The van der Waals surface area contributed by atoms with E-state index in [0.717, 1.165) is 28.8 Å². The van der Waals surface area contributed by atoms with Gasteiger partial charge in [-0.15, -0.1) is 0 Å².